The van der Waals surface area contributed by atoms with E-state index in [1.807, 2.05) is 18.2 Å². The van der Waals surface area contributed by atoms with Crippen LogP contribution in [0.25, 0.3) is 16.6 Å². The molecule has 224 valence electrons. The summed E-state index contributed by atoms with van der Waals surface area (Å²) in [5.41, 5.74) is 0.946. The van der Waals surface area contributed by atoms with Gasteiger partial charge in [0.25, 0.3) is 5.92 Å². The Kier molecular flexibility index (Phi) is 7.69. The number of amides is 1. The van der Waals surface area contributed by atoms with Gasteiger partial charge in [0.05, 0.1) is 27.9 Å². The minimum Gasteiger partial charge on any atom is -0.497 e. The van der Waals surface area contributed by atoms with Crippen LogP contribution < -0.4 is 19.5 Å². The summed E-state index contributed by atoms with van der Waals surface area (Å²) in [6.07, 6.45) is -1.31. The number of halogens is 2. The lowest BCUT2D eigenvalue weighted by Crippen LogP contribution is -2.50. The average Bonchev–Trinajstić information content (AvgIpc) is 3.40. The molecule has 1 aliphatic heterocycles. The maximum atomic E-state index is 14.9. The normalized spacial score (nSPS) is 16.9. The quantitative estimate of drug-likeness (QED) is 0.310. The molecule has 2 aromatic heterocycles. The highest BCUT2D eigenvalue weighted by Crippen LogP contribution is 2.37. The van der Waals surface area contributed by atoms with Crippen LogP contribution in [0.4, 0.5) is 19.5 Å². The summed E-state index contributed by atoms with van der Waals surface area (Å²) in [6, 6.07) is 10.9. The summed E-state index contributed by atoms with van der Waals surface area (Å²) < 4.78 is 53.1. The second-order valence-electron chi connectivity index (χ2n) is 11.1. The number of likely N-dealkylation sites (tertiary alicyclic amines) is 1. The van der Waals surface area contributed by atoms with Crippen molar-refractivity contribution in [3.8, 4) is 17.2 Å². The summed E-state index contributed by atoms with van der Waals surface area (Å²) >= 11 is 0. The van der Waals surface area contributed by atoms with E-state index < -0.39 is 36.5 Å². The molecule has 0 aliphatic carbocycles. The molecule has 0 unspecified atom stereocenters. The molecule has 0 spiro atoms. The highest BCUT2D eigenvalue weighted by molar-refractivity contribution is 5.96. The van der Waals surface area contributed by atoms with Gasteiger partial charge in [-0.1, -0.05) is 6.07 Å². The number of aromatic nitrogens is 4. The van der Waals surface area contributed by atoms with Crippen LogP contribution in [-0.2, 0) is 11.3 Å². The third-order valence-electron chi connectivity index (χ3n) is 6.86. The van der Waals surface area contributed by atoms with Gasteiger partial charge in [-0.3, -0.25) is 0 Å². The number of carbonyl (C=O) groups excluding carboxylic acids is 1. The number of alkyl halides is 2. The fourth-order valence-electron chi connectivity index (χ4n) is 4.98. The van der Waals surface area contributed by atoms with Gasteiger partial charge in [-0.15, -0.1) is 5.10 Å². The van der Waals surface area contributed by atoms with E-state index in [4.69, 9.17) is 28.9 Å². The van der Waals surface area contributed by atoms with E-state index in [9.17, 15) is 13.6 Å². The monoisotopic (exact) mass is 584 g/mol. The molecule has 1 fully saturated rings. The Bertz CT molecular complexity index is 1620. The zero-order valence-corrected chi connectivity index (χ0v) is 24.4. The molecule has 5 rings (SSSR count). The van der Waals surface area contributed by atoms with Crippen molar-refractivity contribution in [2.45, 2.75) is 51.2 Å². The van der Waals surface area contributed by atoms with Crippen LogP contribution in [0.5, 0.6) is 17.2 Å². The lowest BCUT2D eigenvalue weighted by atomic mass is 9.95. The topological polar surface area (TPSA) is 112 Å². The molecule has 2 aromatic carbocycles. The Hall–Kier alpha value is -4.42. The van der Waals surface area contributed by atoms with Crippen molar-refractivity contribution in [3.63, 3.8) is 0 Å². The highest BCUT2D eigenvalue weighted by atomic mass is 19.3. The molecular formula is C29H34F2N6O5. The lowest BCUT2D eigenvalue weighted by molar-refractivity contribution is -0.0764. The van der Waals surface area contributed by atoms with Gasteiger partial charge in [0.15, 0.2) is 11.5 Å². The van der Waals surface area contributed by atoms with Crippen molar-refractivity contribution in [1.29, 1.82) is 0 Å². The molecule has 1 aliphatic rings. The number of hydrogen-bond acceptors (Lipinski definition) is 9. The van der Waals surface area contributed by atoms with E-state index in [-0.39, 0.29) is 12.4 Å². The molecule has 1 atom stereocenters. The molecule has 1 N–H and O–H groups in total. The molecule has 0 bridgehead atoms. The first-order valence-electron chi connectivity index (χ1n) is 13.5. The van der Waals surface area contributed by atoms with Gasteiger partial charge < -0.3 is 29.2 Å². The Balaban J connectivity index is 1.55. The predicted octanol–water partition coefficient (Wildman–Crippen LogP) is 5.28. The largest absolute Gasteiger partial charge is 0.497 e. The van der Waals surface area contributed by atoms with Gasteiger partial charge in [0.2, 0.25) is 5.95 Å². The number of benzene rings is 2. The summed E-state index contributed by atoms with van der Waals surface area (Å²) in [6.45, 7) is 4.63. The van der Waals surface area contributed by atoms with Crippen molar-refractivity contribution >= 4 is 28.6 Å². The number of rotatable bonds is 7. The number of piperidine rings is 1. The molecule has 0 saturated carbocycles. The first kappa shape index (κ1) is 29.1. The number of anilines is 1. The number of para-hydroxylation sites is 1. The van der Waals surface area contributed by atoms with Crippen molar-refractivity contribution in [3.05, 3.63) is 47.8 Å². The zero-order valence-electron chi connectivity index (χ0n) is 24.4. The third-order valence-corrected chi connectivity index (χ3v) is 6.86. The average molecular weight is 585 g/mol. The van der Waals surface area contributed by atoms with Gasteiger partial charge in [-0.05, 0) is 45.0 Å². The number of nitrogens with zero attached hydrogens (tertiary/aromatic N) is 5. The van der Waals surface area contributed by atoms with E-state index in [0.717, 1.165) is 10.5 Å². The van der Waals surface area contributed by atoms with Gasteiger partial charge >= 0.3 is 6.09 Å². The molecule has 1 saturated heterocycles. The number of fused-ring (bicyclic) bond motifs is 3. The molecule has 3 heterocycles. The van der Waals surface area contributed by atoms with Crippen LogP contribution in [0.3, 0.4) is 0 Å². The van der Waals surface area contributed by atoms with Crippen LogP contribution in [0.2, 0.25) is 0 Å². The SMILES string of the molecule is COc1ccc(CNc2nc3c(OC)cccc3c3nc([C@H]4CN(C(=O)OC(C)(C)C)CC(F)(F)C4)nn23)c(OC)c1. The van der Waals surface area contributed by atoms with Crippen molar-refractivity contribution in [2.24, 2.45) is 0 Å². The molecule has 4 aromatic rings. The van der Waals surface area contributed by atoms with Crippen molar-refractivity contribution in [2.75, 3.05) is 39.7 Å². The van der Waals surface area contributed by atoms with Crippen LogP contribution in [-0.4, -0.2) is 76.5 Å². The fourth-order valence-corrected chi connectivity index (χ4v) is 4.98. The molecule has 1 amide bonds. The smallest absolute Gasteiger partial charge is 0.410 e. The van der Waals surface area contributed by atoms with E-state index >= 15 is 0 Å². The third kappa shape index (κ3) is 5.95. The lowest BCUT2D eigenvalue weighted by Gasteiger charge is -2.37. The van der Waals surface area contributed by atoms with E-state index in [1.165, 1.54) is 4.52 Å². The zero-order chi connectivity index (χ0) is 30.2. The second-order valence-corrected chi connectivity index (χ2v) is 11.1. The van der Waals surface area contributed by atoms with E-state index in [0.29, 0.717) is 46.3 Å². The van der Waals surface area contributed by atoms with Gasteiger partial charge in [-0.25, -0.2) is 23.5 Å². The molecule has 0 radical (unpaired) electrons. The minimum absolute atomic E-state index is 0.0120. The molecule has 13 heteroatoms. The van der Waals surface area contributed by atoms with E-state index in [1.54, 1.807) is 60.3 Å². The molecule has 11 nitrogen and oxygen atoms in total. The summed E-state index contributed by atoms with van der Waals surface area (Å²) in [4.78, 5) is 23.2. The van der Waals surface area contributed by atoms with Crippen molar-refractivity contribution < 1.29 is 32.5 Å². The minimum atomic E-state index is -3.15. The number of methoxy groups -OCH3 is 3. The van der Waals surface area contributed by atoms with Crippen molar-refractivity contribution in [1.82, 2.24) is 24.5 Å². The molecule has 42 heavy (non-hydrogen) atoms. The van der Waals surface area contributed by atoms with Crippen LogP contribution in [0, 0.1) is 0 Å². The maximum absolute atomic E-state index is 14.9. The van der Waals surface area contributed by atoms with Gasteiger partial charge in [-0.2, -0.15) is 4.52 Å². The first-order valence-corrected chi connectivity index (χ1v) is 13.5. The summed E-state index contributed by atoms with van der Waals surface area (Å²) in [5, 5.41) is 8.55. The Morgan fingerprint density at radius 3 is 2.52 bits per heavy atom. The summed E-state index contributed by atoms with van der Waals surface area (Å²) in [5.74, 6) is -1.71. The van der Waals surface area contributed by atoms with Gasteiger partial charge in [0.1, 0.15) is 28.4 Å². The van der Waals surface area contributed by atoms with Crippen LogP contribution >= 0.6 is 0 Å². The Morgan fingerprint density at radius 1 is 1.07 bits per heavy atom. The fraction of sp³-hybridized carbons (Fsp3) is 0.448. The number of nitrogens with one attached hydrogen (secondary N) is 1. The maximum Gasteiger partial charge on any atom is 0.410 e. The Labute approximate surface area is 241 Å². The number of hydrogen-bond donors (Lipinski definition) is 1. The Morgan fingerprint density at radius 2 is 1.83 bits per heavy atom. The molecular weight excluding hydrogens is 550 g/mol. The highest BCUT2D eigenvalue weighted by Gasteiger charge is 2.45. The van der Waals surface area contributed by atoms with Crippen LogP contribution in [0.1, 0.15) is 44.5 Å². The first-order chi connectivity index (χ1) is 19.9. The predicted molar refractivity (Wildman–Crippen MR) is 152 cm³/mol. The number of carbonyl (C=O) groups is 1. The standard InChI is InChI=1S/C29H34F2N6O5/c1-28(2,3)42-27(38)36-15-18(13-29(30,31)16-36)24-34-25-20-8-7-9-21(40-5)23(20)33-26(37(25)35-24)32-14-17-10-11-19(39-4)12-22(17)41-6/h7-12,18H,13-16H2,1-6H3,(H,32,33)/t18-/m1/s1. The number of ether oxygens (including phenoxy) is 4. The van der Waals surface area contributed by atoms with E-state index in [2.05, 4.69) is 10.4 Å². The second kappa shape index (κ2) is 11.1. The summed E-state index contributed by atoms with van der Waals surface area (Å²) in [7, 11) is 4.69. The van der Waals surface area contributed by atoms with Crippen LogP contribution in [0.15, 0.2) is 36.4 Å². The van der Waals surface area contributed by atoms with Gasteiger partial charge in [0, 0.05) is 42.4 Å².